The molecule has 0 unspecified atom stereocenters. The Kier molecular flexibility index (Phi) is 3.12. The summed E-state index contributed by atoms with van der Waals surface area (Å²) in [4.78, 5) is 0.202. The van der Waals surface area contributed by atoms with Gasteiger partial charge in [0.2, 0.25) is 10.0 Å². The first kappa shape index (κ1) is 12.7. The third-order valence-corrected chi connectivity index (χ3v) is 5.16. The van der Waals surface area contributed by atoms with Crippen LogP contribution in [-0.2, 0) is 10.0 Å². The summed E-state index contributed by atoms with van der Waals surface area (Å²) in [6.45, 7) is 1.66. The number of aliphatic hydroxyl groups is 1. The first-order valence-electron chi connectivity index (χ1n) is 6.12. The largest absolute Gasteiger partial charge is 0.486 e. The third kappa shape index (κ3) is 2.18. The van der Waals surface area contributed by atoms with Gasteiger partial charge in [0.25, 0.3) is 0 Å². The molecule has 0 atom stereocenters. The molecule has 104 valence electrons. The van der Waals surface area contributed by atoms with E-state index in [1.165, 1.54) is 16.4 Å². The molecule has 1 aromatic carbocycles. The molecular formula is C12H15NO5S. The van der Waals surface area contributed by atoms with Crippen molar-refractivity contribution in [2.75, 3.05) is 32.9 Å². The van der Waals surface area contributed by atoms with Crippen LogP contribution in [0.1, 0.15) is 0 Å². The summed E-state index contributed by atoms with van der Waals surface area (Å²) in [7, 11) is -3.49. The SMILES string of the molecule is O=S(=O)(c1ccc2c(c1)OCCO2)N1CC(CO)C1. The lowest BCUT2D eigenvalue weighted by Gasteiger charge is -2.37. The van der Waals surface area contributed by atoms with Gasteiger partial charge in [0.1, 0.15) is 13.2 Å². The van der Waals surface area contributed by atoms with Gasteiger partial charge in [-0.15, -0.1) is 0 Å². The molecular weight excluding hydrogens is 270 g/mol. The van der Waals surface area contributed by atoms with E-state index in [1.807, 2.05) is 0 Å². The molecule has 0 spiro atoms. The topological polar surface area (TPSA) is 76.1 Å². The van der Waals surface area contributed by atoms with Gasteiger partial charge in [-0.3, -0.25) is 0 Å². The lowest BCUT2D eigenvalue weighted by Crippen LogP contribution is -2.51. The minimum atomic E-state index is -3.49. The van der Waals surface area contributed by atoms with Gasteiger partial charge in [0.15, 0.2) is 11.5 Å². The van der Waals surface area contributed by atoms with Crippen LogP contribution < -0.4 is 9.47 Å². The molecule has 0 radical (unpaired) electrons. The molecule has 0 amide bonds. The number of fused-ring (bicyclic) bond motifs is 1. The highest BCUT2D eigenvalue weighted by molar-refractivity contribution is 7.89. The molecule has 1 aromatic rings. The number of sulfonamides is 1. The normalized spacial score (nSPS) is 20.1. The van der Waals surface area contributed by atoms with Crippen molar-refractivity contribution in [3.63, 3.8) is 0 Å². The maximum Gasteiger partial charge on any atom is 0.243 e. The Morgan fingerprint density at radius 2 is 1.89 bits per heavy atom. The van der Waals surface area contributed by atoms with Gasteiger partial charge in [0.05, 0.1) is 4.90 Å². The van der Waals surface area contributed by atoms with E-state index >= 15 is 0 Å². The minimum absolute atomic E-state index is 0.0210. The van der Waals surface area contributed by atoms with Crippen molar-refractivity contribution in [1.82, 2.24) is 4.31 Å². The number of ether oxygens (including phenoxy) is 2. The molecule has 0 aliphatic carbocycles. The van der Waals surface area contributed by atoms with Crippen LogP contribution in [-0.4, -0.2) is 50.7 Å². The maximum atomic E-state index is 12.3. The highest BCUT2D eigenvalue weighted by atomic mass is 32.2. The van der Waals surface area contributed by atoms with E-state index in [9.17, 15) is 8.42 Å². The van der Waals surface area contributed by atoms with E-state index in [-0.39, 0.29) is 17.4 Å². The average molecular weight is 285 g/mol. The number of nitrogens with zero attached hydrogens (tertiary/aromatic N) is 1. The van der Waals surface area contributed by atoms with Crippen LogP contribution in [0.15, 0.2) is 23.1 Å². The van der Waals surface area contributed by atoms with Crippen molar-refractivity contribution in [3.8, 4) is 11.5 Å². The Balaban J connectivity index is 1.85. The fourth-order valence-corrected chi connectivity index (χ4v) is 3.78. The van der Waals surface area contributed by atoms with Crippen LogP contribution in [0, 0.1) is 5.92 Å². The zero-order valence-corrected chi connectivity index (χ0v) is 11.1. The van der Waals surface area contributed by atoms with Gasteiger partial charge in [-0.2, -0.15) is 4.31 Å². The molecule has 2 heterocycles. The Bertz CT molecular complexity index is 580. The van der Waals surface area contributed by atoms with Crippen LogP contribution in [0.3, 0.4) is 0 Å². The van der Waals surface area contributed by atoms with E-state index < -0.39 is 10.0 Å². The fourth-order valence-electron chi connectivity index (χ4n) is 2.17. The summed E-state index contributed by atoms with van der Waals surface area (Å²) in [5, 5.41) is 8.94. The number of hydrogen-bond donors (Lipinski definition) is 1. The summed E-state index contributed by atoms with van der Waals surface area (Å²) in [6.07, 6.45) is 0. The summed E-state index contributed by atoms with van der Waals surface area (Å²) in [5.41, 5.74) is 0. The number of benzene rings is 1. The summed E-state index contributed by atoms with van der Waals surface area (Å²) < 4.78 is 36.7. The zero-order valence-electron chi connectivity index (χ0n) is 10.3. The van der Waals surface area contributed by atoms with Crippen molar-refractivity contribution in [3.05, 3.63) is 18.2 Å². The lowest BCUT2D eigenvalue weighted by molar-refractivity contribution is 0.117. The maximum absolute atomic E-state index is 12.3. The van der Waals surface area contributed by atoms with Crippen LogP contribution in [0.5, 0.6) is 11.5 Å². The first-order valence-corrected chi connectivity index (χ1v) is 7.56. The van der Waals surface area contributed by atoms with Gasteiger partial charge in [-0.25, -0.2) is 8.42 Å². The monoisotopic (exact) mass is 285 g/mol. The molecule has 2 aliphatic heterocycles. The Labute approximate surface area is 111 Å². The quantitative estimate of drug-likeness (QED) is 0.850. The predicted octanol–water partition coefficient (Wildman–Crippen LogP) is 0.0706. The van der Waals surface area contributed by atoms with Gasteiger partial charge in [-0.05, 0) is 12.1 Å². The van der Waals surface area contributed by atoms with Gasteiger partial charge in [-0.1, -0.05) is 0 Å². The second-order valence-electron chi connectivity index (χ2n) is 4.68. The predicted molar refractivity (Wildman–Crippen MR) is 66.8 cm³/mol. The van der Waals surface area contributed by atoms with Crippen molar-refractivity contribution in [1.29, 1.82) is 0 Å². The number of rotatable bonds is 3. The number of hydrogen-bond acceptors (Lipinski definition) is 5. The summed E-state index contributed by atoms with van der Waals surface area (Å²) >= 11 is 0. The van der Waals surface area contributed by atoms with Crippen molar-refractivity contribution in [2.24, 2.45) is 5.92 Å². The summed E-state index contributed by atoms with van der Waals surface area (Å²) in [6, 6.07) is 4.63. The molecule has 2 aliphatic rings. The van der Waals surface area contributed by atoms with E-state index in [0.717, 1.165) is 0 Å². The molecule has 1 N–H and O–H groups in total. The smallest absolute Gasteiger partial charge is 0.243 e. The Hall–Kier alpha value is -1.31. The third-order valence-electron chi connectivity index (χ3n) is 3.33. The average Bonchev–Trinajstić information content (AvgIpc) is 2.36. The molecule has 1 saturated heterocycles. The van der Waals surface area contributed by atoms with Crippen molar-refractivity contribution in [2.45, 2.75) is 4.90 Å². The van der Waals surface area contributed by atoms with Crippen LogP contribution in [0.2, 0.25) is 0 Å². The second kappa shape index (κ2) is 4.66. The minimum Gasteiger partial charge on any atom is -0.486 e. The highest BCUT2D eigenvalue weighted by Gasteiger charge is 2.36. The van der Waals surface area contributed by atoms with E-state index in [1.54, 1.807) is 6.07 Å². The van der Waals surface area contributed by atoms with Gasteiger partial charge in [0, 0.05) is 31.7 Å². The zero-order chi connectivity index (χ0) is 13.5. The van der Waals surface area contributed by atoms with Crippen LogP contribution >= 0.6 is 0 Å². The molecule has 7 heteroatoms. The van der Waals surface area contributed by atoms with Gasteiger partial charge < -0.3 is 14.6 Å². The van der Waals surface area contributed by atoms with Crippen molar-refractivity contribution >= 4 is 10.0 Å². The fraction of sp³-hybridized carbons (Fsp3) is 0.500. The van der Waals surface area contributed by atoms with Crippen molar-refractivity contribution < 1.29 is 23.0 Å². The molecule has 19 heavy (non-hydrogen) atoms. The second-order valence-corrected chi connectivity index (χ2v) is 6.61. The van der Waals surface area contributed by atoms with Gasteiger partial charge >= 0.3 is 0 Å². The molecule has 0 aromatic heterocycles. The lowest BCUT2D eigenvalue weighted by atomic mass is 10.1. The van der Waals surface area contributed by atoms with E-state index in [0.29, 0.717) is 37.8 Å². The molecule has 3 rings (SSSR count). The Morgan fingerprint density at radius 1 is 1.21 bits per heavy atom. The highest BCUT2D eigenvalue weighted by Crippen LogP contribution is 2.34. The van der Waals surface area contributed by atoms with Crippen LogP contribution in [0.25, 0.3) is 0 Å². The molecule has 0 bridgehead atoms. The first-order chi connectivity index (χ1) is 9.11. The number of aliphatic hydroxyl groups excluding tert-OH is 1. The molecule has 1 fully saturated rings. The van der Waals surface area contributed by atoms with E-state index in [4.69, 9.17) is 14.6 Å². The Morgan fingerprint density at radius 3 is 2.58 bits per heavy atom. The summed E-state index contributed by atoms with van der Waals surface area (Å²) in [5.74, 6) is 1.08. The molecule has 0 saturated carbocycles. The van der Waals surface area contributed by atoms with Crippen LogP contribution in [0.4, 0.5) is 0 Å². The van der Waals surface area contributed by atoms with E-state index in [2.05, 4.69) is 0 Å². The molecule has 6 nitrogen and oxygen atoms in total. The standard InChI is InChI=1S/C12H15NO5S/c14-8-9-6-13(7-9)19(15,16)10-1-2-11-12(5-10)18-4-3-17-11/h1-2,5,9,14H,3-4,6-8H2.